The molecule has 7 amide bonds. The number of aliphatic hydroxyl groups is 1. The van der Waals surface area contributed by atoms with E-state index in [1.807, 2.05) is 61.8 Å². The van der Waals surface area contributed by atoms with Crippen LogP contribution in [-0.2, 0) is 38.4 Å². The predicted molar refractivity (Wildman–Crippen MR) is 348 cm³/mol. The van der Waals surface area contributed by atoms with Crippen LogP contribution in [0.4, 0.5) is 0 Å². The van der Waals surface area contributed by atoms with Crippen molar-refractivity contribution in [2.75, 3.05) is 38.5 Å². The molecule has 23 nitrogen and oxygen atoms in total. The standard InChI is InChI=1S/C53H88N14O9S7/c1-16-27(6)39-48(76)55-28(7)42(70)60-35(21-25(2)3)45(73)65-40(41(69)37-22-66(13)24-67(37)14)47(75)54-18-20-83-23-36(46(74)64-39)61-43(71)29(8)56-49(77)30(9)57-50(78)31(10)58-51(79)32(11)59-52(80)34(17-19-82-15)62-53(81)38(26(4)5)63-44(72)33(12)68/h18,20,22,25-32,34-36,38-41,69H,16-17,19,21,23-24H2,1-15H3,(H,54,75)(H,55,76)(H,56,77)(H,57,78)(H,58,79)(H,59,80)(H,60,70)(H,61,71)(H,62,81)(H,63,72)(H,64,74)(H,65,73)/p+1/b20-18+/t27-,28?,29?,30?,31?,32?,34+,35+,36?,38+,39-,40?,41?/m1/s1. The van der Waals surface area contributed by atoms with Crippen LogP contribution in [0.2, 0.25) is 0 Å². The number of nitrogens with zero attached hydrogens (tertiary/aromatic N) is 1. The third kappa shape index (κ3) is 24.7. The number of quaternary nitrogens is 1. The van der Waals surface area contributed by atoms with Crippen molar-refractivity contribution >= 4 is 157 Å². The number of Topliss-reactive ketones (excluding diaryl/α,β-unsaturated/α-hetero) is 1. The summed E-state index contributed by atoms with van der Waals surface area (Å²) in [5.41, 5.74) is 0.396. The lowest BCUT2D eigenvalue weighted by atomic mass is 9.97. The summed E-state index contributed by atoms with van der Waals surface area (Å²) in [5, 5.41) is 48.0. The maximum Gasteiger partial charge on any atom is 0.287 e. The lowest BCUT2D eigenvalue weighted by Crippen LogP contribution is -3.03. The third-order valence-corrected chi connectivity index (χ3v) is 17.2. The number of rotatable bonds is 24. The fourth-order valence-electron chi connectivity index (χ4n) is 8.24. The Morgan fingerprint density at radius 3 is 1.81 bits per heavy atom. The van der Waals surface area contributed by atoms with Gasteiger partial charge in [0.05, 0.1) is 62.2 Å². The van der Waals surface area contributed by atoms with Gasteiger partial charge in [-0.05, 0) is 82.6 Å². The molecule has 2 rings (SSSR count). The van der Waals surface area contributed by atoms with Gasteiger partial charge in [-0.2, -0.15) is 11.8 Å². The molecule has 0 saturated carbocycles. The highest BCUT2D eigenvalue weighted by Gasteiger charge is 2.39. The summed E-state index contributed by atoms with van der Waals surface area (Å²) in [6.45, 7) is 21.1. The van der Waals surface area contributed by atoms with Gasteiger partial charge in [0, 0.05) is 25.9 Å². The van der Waals surface area contributed by atoms with Crippen molar-refractivity contribution in [1.82, 2.24) is 68.7 Å². The minimum atomic E-state index is -1.52. The van der Waals surface area contributed by atoms with E-state index in [-0.39, 0.29) is 29.0 Å². The van der Waals surface area contributed by atoms with E-state index in [1.165, 1.54) is 25.5 Å². The molecule has 2 heterocycles. The second-order valence-corrected chi connectivity index (χ2v) is 25.8. The van der Waals surface area contributed by atoms with Gasteiger partial charge in [0.25, 0.3) is 5.91 Å². The molecule has 0 radical (unpaired) electrons. The zero-order valence-corrected chi connectivity index (χ0v) is 55.9. The number of nitrogens with one attached hydrogen (secondary N) is 13. The number of ketones is 1. The summed E-state index contributed by atoms with van der Waals surface area (Å²) >= 11 is 31.4. The molecule has 0 spiro atoms. The normalized spacial score (nSPS) is 23.5. The van der Waals surface area contributed by atoms with Crippen molar-refractivity contribution in [3.8, 4) is 0 Å². The number of aliphatic hydroxyl groups excluding tert-OH is 1. The fraction of sp³-hybridized carbons (Fsp3) is 0.679. The number of thioether (sulfide) groups is 2. The van der Waals surface area contributed by atoms with Crippen LogP contribution in [0.1, 0.15) is 102 Å². The summed E-state index contributed by atoms with van der Waals surface area (Å²) in [5.74, 6) is -5.55. The molecule has 0 fully saturated rings. The SMILES string of the molecule is CC[C@@H](C)[C@H]1NC(=O)C(NC(=O)C(C)NC(=S)C(C)NC(=S)C(C)NC(=S)C(C)NC(=S)[C@H](CCSC)NC(=S)[C@@H](NC(=O)C(C)=O)C(C)C)CS/C=C/NC(=O)C(C(O)C2=C[NH+](C)CN2C)NC(=O)[C@H](CC(C)C)NC(=O)C(C)NC1=O. The van der Waals surface area contributed by atoms with Gasteiger partial charge >= 0.3 is 0 Å². The Hall–Kier alpha value is -4.69. The molecule has 2 aliphatic heterocycles. The molecule has 466 valence electrons. The van der Waals surface area contributed by atoms with E-state index in [2.05, 4.69) is 63.8 Å². The van der Waals surface area contributed by atoms with Crippen molar-refractivity contribution in [1.29, 1.82) is 0 Å². The highest BCUT2D eigenvalue weighted by molar-refractivity contribution is 8.02. The maximum absolute atomic E-state index is 14.2. The van der Waals surface area contributed by atoms with Gasteiger partial charge in [-0.15, -0.1) is 11.8 Å². The lowest BCUT2D eigenvalue weighted by Gasteiger charge is -2.30. The molecule has 0 aromatic heterocycles. The van der Waals surface area contributed by atoms with E-state index in [4.69, 9.17) is 61.1 Å². The lowest BCUT2D eigenvalue weighted by molar-refractivity contribution is -0.826. The molecule has 9 unspecified atom stereocenters. The highest BCUT2D eigenvalue weighted by Crippen LogP contribution is 2.16. The van der Waals surface area contributed by atoms with Gasteiger partial charge in [-0.3, -0.25) is 43.3 Å². The summed E-state index contributed by atoms with van der Waals surface area (Å²) in [6, 6.07) is -9.82. The average Bonchev–Trinajstić information content (AvgIpc) is 3.78. The van der Waals surface area contributed by atoms with Crippen LogP contribution in [0.25, 0.3) is 0 Å². The van der Waals surface area contributed by atoms with Crippen LogP contribution < -0.4 is 68.7 Å². The topological polar surface area (TPSA) is 309 Å². The molecular weight excluding hydrogens is 1200 g/mol. The van der Waals surface area contributed by atoms with Gasteiger partial charge in [0.2, 0.25) is 41.2 Å². The fourth-order valence-corrected chi connectivity index (χ4v) is 11.0. The van der Waals surface area contributed by atoms with Gasteiger partial charge in [-0.1, -0.05) is 109 Å². The van der Waals surface area contributed by atoms with E-state index in [0.29, 0.717) is 45.2 Å². The molecule has 0 bridgehead atoms. The quantitative estimate of drug-likeness (QED) is 0.0427. The first kappa shape index (κ1) is 74.4. The minimum Gasteiger partial charge on any atom is -0.384 e. The van der Waals surface area contributed by atoms with Crippen molar-refractivity contribution in [2.24, 2.45) is 17.8 Å². The third-order valence-electron chi connectivity index (χ3n) is 13.5. The molecule has 2 aliphatic rings. The first-order chi connectivity index (χ1) is 38.7. The number of amides is 7. The summed E-state index contributed by atoms with van der Waals surface area (Å²) in [4.78, 5) is 112. The van der Waals surface area contributed by atoms with Crippen LogP contribution in [0.5, 0.6) is 0 Å². The second kappa shape index (κ2) is 36.3. The molecule has 83 heavy (non-hydrogen) atoms. The Balaban J connectivity index is 2.27. The number of carbonyl (C=O) groups excluding carboxylic acids is 8. The minimum absolute atomic E-state index is 0.0908. The molecule has 0 aromatic rings. The summed E-state index contributed by atoms with van der Waals surface area (Å²) in [7, 11) is 3.61. The van der Waals surface area contributed by atoms with Crippen LogP contribution >= 0.6 is 84.6 Å². The smallest absolute Gasteiger partial charge is 0.287 e. The van der Waals surface area contributed by atoms with Crippen LogP contribution in [-0.4, -0.2) is 193 Å². The Kier molecular flexibility index (Phi) is 32.6. The average molecular weight is 1290 g/mol. The Morgan fingerprint density at radius 1 is 0.747 bits per heavy atom. The molecule has 0 saturated heterocycles. The zero-order chi connectivity index (χ0) is 63.2. The molecule has 0 aromatic carbocycles. The molecular formula is C53H89N14O9S7+. The molecule has 14 atom stereocenters. The van der Waals surface area contributed by atoms with E-state index >= 15 is 0 Å². The number of hydrogen-bond acceptors (Lipinski definition) is 17. The van der Waals surface area contributed by atoms with Gasteiger partial charge in [0.1, 0.15) is 54.3 Å². The predicted octanol–water partition coefficient (Wildman–Crippen LogP) is -0.533. The largest absolute Gasteiger partial charge is 0.384 e. The number of thiocarbonyl (C=S) groups is 5. The Labute approximate surface area is 525 Å². The molecule has 14 N–H and O–H groups in total. The Morgan fingerprint density at radius 2 is 1.30 bits per heavy atom. The van der Waals surface area contributed by atoms with E-state index in [0.717, 1.165) is 22.4 Å². The van der Waals surface area contributed by atoms with Crippen molar-refractivity contribution in [3.05, 3.63) is 23.5 Å². The number of likely N-dealkylation sites (N-methyl/N-ethyl adjacent to an activating group) is 1. The van der Waals surface area contributed by atoms with Crippen molar-refractivity contribution < 1.29 is 48.4 Å². The molecule has 30 heteroatoms. The monoisotopic (exact) mass is 1290 g/mol. The van der Waals surface area contributed by atoms with Gasteiger partial charge in [-0.25, -0.2) is 0 Å². The van der Waals surface area contributed by atoms with E-state index in [9.17, 15) is 43.5 Å². The van der Waals surface area contributed by atoms with E-state index < -0.39 is 126 Å². The van der Waals surface area contributed by atoms with Crippen LogP contribution in [0, 0.1) is 17.8 Å². The zero-order valence-electron chi connectivity index (χ0n) is 50.2. The summed E-state index contributed by atoms with van der Waals surface area (Å²) < 4.78 is 0. The first-order valence-electron chi connectivity index (χ1n) is 27.6. The first-order valence-corrected chi connectivity index (χ1v) is 32.1. The highest BCUT2D eigenvalue weighted by atomic mass is 32.2. The Bertz CT molecular complexity index is 2440. The van der Waals surface area contributed by atoms with E-state index in [1.54, 1.807) is 50.7 Å². The van der Waals surface area contributed by atoms with Crippen LogP contribution in [0.3, 0.4) is 0 Å². The van der Waals surface area contributed by atoms with Crippen molar-refractivity contribution in [3.63, 3.8) is 0 Å². The van der Waals surface area contributed by atoms with Gasteiger partial charge < -0.3 is 73.8 Å². The van der Waals surface area contributed by atoms with Crippen LogP contribution in [0.15, 0.2) is 23.5 Å². The van der Waals surface area contributed by atoms with Crippen molar-refractivity contribution in [2.45, 2.75) is 175 Å². The second-order valence-electron chi connectivity index (χ2n) is 21.7. The number of carbonyl (C=O) groups is 8. The maximum atomic E-state index is 14.2. The summed E-state index contributed by atoms with van der Waals surface area (Å²) in [6.07, 6.45) is 4.71. The van der Waals surface area contributed by atoms with Gasteiger partial charge in [0.15, 0.2) is 6.67 Å². The molecule has 0 aliphatic carbocycles. The number of hydrogen-bond donors (Lipinski definition) is 14.